The van der Waals surface area contributed by atoms with Gasteiger partial charge < -0.3 is 18.6 Å². The van der Waals surface area contributed by atoms with Crippen LogP contribution in [0.5, 0.6) is 11.5 Å². The monoisotopic (exact) mass is 588 g/mol. The first kappa shape index (κ1) is 36.7. The molecule has 0 aromatic heterocycles. The third-order valence-corrected chi connectivity index (χ3v) is 6.05. The van der Waals surface area contributed by atoms with E-state index in [2.05, 4.69) is 20.7 Å². The van der Waals surface area contributed by atoms with Gasteiger partial charge >= 0.3 is 59.1 Å². The van der Waals surface area contributed by atoms with E-state index < -0.39 is 31.7 Å². The molecule has 0 unspecified atom stereocenters. The van der Waals surface area contributed by atoms with E-state index in [0.717, 1.165) is 0 Å². The zero-order valence-corrected chi connectivity index (χ0v) is 27.7. The number of hydrogen-bond donors (Lipinski definition) is 0. The number of rotatable bonds is 13. The van der Waals surface area contributed by atoms with Gasteiger partial charge in [-0.25, -0.2) is 16.8 Å². The molecule has 0 bridgehead atoms. The number of hydrogen-bond acceptors (Lipinski definition) is 12. The van der Waals surface area contributed by atoms with E-state index in [1.54, 1.807) is 50.5 Å². The van der Waals surface area contributed by atoms with Gasteiger partial charge in [0.05, 0.1) is 70.4 Å². The van der Waals surface area contributed by atoms with Crippen LogP contribution in [0.15, 0.2) is 57.1 Å². The molecule has 0 N–H and O–H groups in total. The van der Waals surface area contributed by atoms with Gasteiger partial charge in [-0.05, 0) is 24.3 Å². The molecule has 0 saturated heterocycles. The van der Waals surface area contributed by atoms with Crippen LogP contribution in [0.2, 0.25) is 0 Å². The smallest absolute Gasteiger partial charge is 0.748 e. The van der Waals surface area contributed by atoms with Crippen molar-refractivity contribution < 1.29 is 94.5 Å². The fraction of sp³-hybridized carbons (Fsp3) is 0.400. The van der Waals surface area contributed by atoms with Gasteiger partial charge in [-0.15, -0.1) is 0 Å². The van der Waals surface area contributed by atoms with Crippen molar-refractivity contribution in [2.24, 2.45) is 20.7 Å². The Balaban J connectivity index is 0.00000684. The maximum Gasteiger partial charge on any atom is 1.00 e. The summed E-state index contributed by atoms with van der Waals surface area (Å²) in [5.74, 6) is -0.286. The molecule has 2 aromatic rings. The molecule has 0 aliphatic rings. The van der Waals surface area contributed by atoms with Crippen LogP contribution in [0, 0.1) is 0 Å². The normalized spacial score (nSPS) is 11.6. The molecule has 38 heavy (non-hydrogen) atoms. The van der Waals surface area contributed by atoms with Crippen molar-refractivity contribution in [3.05, 3.63) is 36.4 Å². The molecule has 14 nitrogen and oxygen atoms in total. The predicted octanol–water partition coefficient (Wildman–Crippen LogP) is -3.92. The van der Waals surface area contributed by atoms with Crippen molar-refractivity contribution in [1.29, 1.82) is 0 Å². The minimum Gasteiger partial charge on any atom is -0.748 e. The van der Waals surface area contributed by atoms with Crippen LogP contribution in [0.1, 0.15) is 0 Å². The molecule has 0 atom stereocenters. The Morgan fingerprint density at radius 1 is 0.711 bits per heavy atom. The zero-order valence-electron chi connectivity index (χ0n) is 22.1. The van der Waals surface area contributed by atoms with Gasteiger partial charge in [0.2, 0.25) is 0 Å². The molecule has 0 aliphatic heterocycles. The van der Waals surface area contributed by atoms with Crippen LogP contribution in [0.4, 0.5) is 11.4 Å². The third kappa shape index (κ3) is 12.2. The summed E-state index contributed by atoms with van der Waals surface area (Å²) in [6.07, 6.45) is 0. The quantitative estimate of drug-likeness (QED) is 0.0967. The van der Waals surface area contributed by atoms with Crippen molar-refractivity contribution in [1.82, 2.24) is 0 Å². The molecule has 0 heterocycles. The Hall–Kier alpha value is -1.34. The van der Waals surface area contributed by atoms with Crippen molar-refractivity contribution in [2.45, 2.75) is 0 Å². The molecule has 2 rings (SSSR count). The summed E-state index contributed by atoms with van der Waals surface area (Å²) in [5, 5.41) is 18.0. The van der Waals surface area contributed by atoms with E-state index in [1.165, 1.54) is 24.2 Å². The molecule has 0 fully saturated rings. The summed E-state index contributed by atoms with van der Waals surface area (Å²) in [4.78, 5) is 0. The first-order valence-electron chi connectivity index (χ1n) is 10.3. The molecule has 0 amide bonds. The van der Waals surface area contributed by atoms with E-state index in [-0.39, 0.29) is 72.2 Å². The standard InChI is InChI=1S/C20H28N6O8S2.2Na/c1-25(23-21-9-11-35(27,28)29)15-5-7-17(19(13-15)33-3)18-8-6-16(14-20(18)34-4)26(2)24-22-10-12-36(30,31)32;;/h5-8,13-14H,9-12H2,1-4H3,(H,27,28,29)(H,30,31,32);;/q;2*+1/p-2. The minimum atomic E-state index is -4.36. The van der Waals surface area contributed by atoms with Gasteiger partial charge in [-0.2, -0.15) is 10.2 Å². The van der Waals surface area contributed by atoms with Gasteiger partial charge in [0.1, 0.15) is 11.5 Å². The summed E-state index contributed by atoms with van der Waals surface area (Å²) >= 11 is 0. The Morgan fingerprint density at radius 2 is 1.05 bits per heavy atom. The van der Waals surface area contributed by atoms with E-state index >= 15 is 0 Å². The Labute approximate surface area is 266 Å². The van der Waals surface area contributed by atoms with Gasteiger partial charge in [0.25, 0.3) is 0 Å². The summed E-state index contributed by atoms with van der Waals surface area (Å²) in [5.41, 5.74) is 2.61. The molecule has 0 aliphatic carbocycles. The van der Waals surface area contributed by atoms with Crippen molar-refractivity contribution >= 4 is 31.6 Å². The third-order valence-electron chi connectivity index (χ3n) is 4.69. The molecular formula is C20H26N6Na2O8S2. The second kappa shape index (κ2) is 16.7. The SMILES string of the molecule is COc1cc(N(C)N=NCCS(=O)(=O)[O-])ccc1-c1ccc(N(C)N=NCCS(=O)(=O)[O-])cc1OC.[Na+].[Na+]. The minimum absolute atomic E-state index is 0. The largest absolute Gasteiger partial charge is 1.00 e. The van der Waals surface area contributed by atoms with Crippen molar-refractivity contribution in [2.75, 3.05) is 62.9 Å². The second-order valence-electron chi connectivity index (χ2n) is 7.25. The molecule has 18 heteroatoms. The summed E-state index contributed by atoms with van der Waals surface area (Å²) in [6, 6.07) is 10.5. The number of ether oxygens (including phenoxy) is 2. The van der Waals surface area contributed by atoms with E-state index in [0.29, 0.717) is 34.0 Å². The molecule has 2 aromatic carbocycles. The summed E-state index contributed by atoms with van der Waals surface area (Å²) in [7, 11) is -2.51. The molecule has 0 spiro atoms. The maximum absolute atomic E-state index is 10.7. The average Bonchev–Trinajstić information content (AvgIpc) is 2.82. The predicted molar refractivity (Wildman–Crippen MR) is 130 cm³/mol. The Morgan fingerprint density at radius 3 is 1.34 bits per heavy atom. The summed E-state index contributed by atoms with van der Waals surface area (Å²) < 4.78 is 75.1. The van der Waals surface area contributed by atoms with Crippen molar-refractivity contribution in [3.8, 4) is 22.6 Å². The zero-order chi connectivity index (χ0) is 26.9. The van der Waals surface area contributed by atoms with Crippen molar-refractivity contribution in [3.63, 3.8) is 0 Å². The maximum atomic E-state index is 10.7. The first-order chi connectivity index (χ1) is 16.8. The van der Waals surface area contributed by atoms with Gasteiger partial charge in [-0.1, -0.05) is 10.4 Å². The molecule has 0 radical (unpaired) electrons. The Kier molecular flexibility index (Phi) is 16.1. The number of benzene rings is 2. The van der Waals surface area contributed by atoms with Crippen LogP contribution >= 0.6 is 0 Å². The molecule has 0 saturated carbocycles. The number of nitrogens with zero attached hydrogens (tertiary/aromatic N) is 6. The number of methoxy groups -OCH3 is 2. The van der Waals surface area contributed by atoms with Crippen LogP contribution in [-0.4, -0.2) is 78.9 Å². The van der Waals surface area contributed by atoms with Gasteiger partial charge in [-0.3, -0.25) is 10.0 Å². The fourth-order valence-corrected chi connectivity index (χ4v) is 3.51. The van der Waals surface area contributed by atoms with Crippen LogP contribution in [0.3, 0.4) is 0 Å². The molecule has 198 valence electrons. The first-order valence-corrected chi connectivity index (χ1v) is 13.5. The van der Waals surface area contributed by atoms with Gasteiger partial charge in [0, 0.05) is 37.4 Å². The number of anilines is 2. The fourth-order valence-electron chi connectivity index (χ4n) is 2.90. The Bertz CT molecular complexity index is 1230. The van der Waals surface area contributed by atoms with E-state index in [1.807, 2.05) is 0 Å². The van der Waals surface area contributed by atoms with Crippen LogP contribution < -0.4 is 78.6 Å². The van der Waals surface area contributed by atoms with E-state index in [9.17, 15) is 25.9 Å². The summed E-state index contributed by atoms with van der Waals surface area (Å²) in [6.45, 7) is -0.499. The van der Waals surface area contributed by atoms with Crippen LogP contribution in [0.25, 0.3) is 11.1 Å². The second-order valence-corrected chi connectivity index (χ2v) is 10.3. The van der Waals surface area contributed by atoms with E-state index in [4.69, 9.17) is 9.47 Å². The topological polar surface area (TPSA) is 189 Å². The van der Waals surface area contributed by atoms with Crippen LogP contribution in [-0.2, 0) is 20.2 Å². The van der Waals surface area contributed by atoms with Gasteiger partial charge in [0.15, 0.2) is 0 Å². The average molecular weight is 589 g/mol. The molecular weight excluding hydrogens is 562 g/mol.